The van der Waals surface area contributed by atoms with Gasteiger partial charge < -0.3 is 19.5 Å². The number of phenolic OH excluding ortho intramolecular Hbond substituents is 2. The lowest BCUT2D eigenvalue weighted by molar-refractivity contribution is 0.259. The lowest BCUT2D eigenvalue weighted by atomic mass is 9.86. The van der Waals surface area contributed by atoms with Crippen LogP contribution in [0.1, 0.15) is 50.0 Å². The Balaban J connectivity index is 1.43. The van der Waals surface area contributed by atoms with Gasteiger partial charge in [0.05, 0.1) is 6.04 Å². The third-order valence-corrected chi connectivity index (χ3v) is 8.94. The normalized spacial score (nSPS) is 21.7. The monoisotopic (exact) mass is 503 g/mol. The van der Waals surface area contributed by atoms with Crippen LogP contribution in [-0.4, -0.2) is 44.5 Å². The maximum Gasteiger partial charge on any atom is 0.152 e. The van der Waals surface area contributed by atoms with Crippen LogP contribution in [0, 0.1) is 5.92 Å². The summed E-state index contributed by atoms with van der Waals surface area (Å²) >= 11 is -1.08. The Morgan fingerprint density at radius 1 is 1.06 bits per heavy atom. The molecule has 36 heavy (non-hydrogen) atoms. The first-order chi connectivity index (χ1) is 17.3. The standard InChI is InChI=1S/C30H33NO4S/c1-19-13-14-31(17-19)20(2)18-36(34)26-10-7-22(8-11-26)30-29(23-5-4-6-24(32)15-23)21(3)27-16-25(33)9-12-28(27)35-30/h4-12,15-16,19-20,30,32-33H,13-14,17-18H2,1-3H3. The molecule has 4 atom stereocenters. The van der Waals surface area contributed by atoms with E-state index in [0.717, 1.165) is 45.8 Å². The van der Waals surface area contributed by atoms with Crippen molar-refractivity contribution in [3.63, 3.8) is 0 Å². The van der Waals surface area contributed by atoms with E-state index in [1.165, 1.54) is 6.42 Å². The zero-order valence-corrected chi connectivity index (χ0v) is 21.8. The van der Waals surface area contributed by atoms with Gasteiger partial charge in [0.25, 0.3) is 0 Å². The molecule has 4 unspecified atom stereocenters. The van der Waals surface area contributed by atoms with E-state index in [-0.39, 0.29) is 17.5 Å². The summed E-state index contributed by atoms with van der Waals surface area (Å²) in [7, 11) is 0. The molecule has 3 aromatic rings. The third-order valence-electron chi connectivity index (χ3n) is 7.35. The fourth-order valence-corrected chi connectivity index (χ4v) is 6.58. The molecule has 5 rings (SSSR count). The van der Waals surface area contributed by atoms with Crippen molar-refractivity contribution in [2.45, 2.75) is 44.2 Å². The van der Waals surface area contributed by atoms with Gasteiger partial charge in [-0.05, 0) is 115 Å². The second-order valence-corrected chi connectivity index (χ2v) is 11.6. The van der Waals surface area contributed by atoms with Crippen molar-refractivity contribution in [1.29, 1.82) is 0 Å². The smallest absolute Gasteiger partial charge is 0.152 e. The van der Waals surface area contributed by atoms with Gasteiger partial charge in [-0.2, -0.15) is 0 Å². The molecule has 0 radical (unpaired) electrons. The van der Waals surface area contributed by atoms with E-state index in [1.807, 2.05) is 43.3 Å². The first kappa shape index (κ1) is 24.8. The average Bonchev–Trinajstić information content (AvgIpc) is 3.31. The molecule has 0 spiro atoms. The van der Waals surface area contributed by atoms with E-state index in [9.17, 15) is 14.8 Å². The van der Waals surface area contributed by atoms with Crippen LogP contribution in [0.4, 0.5) is 0 Å². The number of hydrogen-bond acceptors (Lipinski definition) is 5. The van der Waals surface area contributed by atoms with Crippen LogP contribution in [0.2, 0.25) is 0 Å². The number of aromatic hydroxyl groups is 2. The van der Waals surface area contributed by atoms with E-state index < -0.39 is 17.3 Å². The molecule has 0 aliphatic carbocycles. The fraction of sp³-hybridized carbons (Fsp3) is 0.333. The Hall–Kier alpha value is -2.93. The van der Waals surface area contributed by atoms with Gasteiger partial charge in [0.15, 0.2) is 4.90 Å². The van der Waals surface area contributed by atoms with Gasteiger partial charge in [-0.25, -0.2) is 0 Å². The van der Waals surface area contributed by atoms with Crippen molar-refractivity contribution in [2.75, 3.05) is 18.8 Å². The molecule has 188 valence electrons. The van der Waals surface area contributed by atoms with Gasteiger partial charge in [0.2, 0.25) is 0 Å². The number of allylic oxidation sites excluding steroid dienone is 1. The van der Waals surface area contributed by atoms with Gasteiger partial charge in [0, 0.05) is 17.7 Å². The summed E-state index contributed by atoms with van der Waals surface area (Å²) < 4.78 is 19.6. The van der Waals surface area contributed by atoms with Crippen LogP contribution in [0.5, 0.6) is 17.2 Å². The summed E-state index contributed by atoms with van der Waals surface area (Å²) in [5, 5.41) is 20.2. The van der Waals surface area contributed by atoms with Gasteiger partial charge in [-0.15, -0.1) is 0 Å². The Morgan fingerprint density at radius 2 is 1.81 bits per heavy atom. The van der Waals surface area contributed by atoms with E-state index in [2.05, 4.69) is 18.7 Å². The van der Waals surface area contributed by atoms with Crippen molar-refractivity contribution in [3.05, 3.63) is 83.4 Å². The molecule has 1 saturated heterocycles. The third kappa shape index (κ3) is 4.99. The molecule has 2 heterocycles. The molecule has 2 aliphatic rings. The van der Waals surface area contributed by atoms with Crippen molar-refractivity contribution >= 4 is 22.3 Å². The summed E-state index contributed by atoms with van der Waals surface area (Å²) in [5.41, 5.74) is 4.52. The van der Waals surface area contributed by atoms with Crippen molar-refractivity contribution in [1.82, 2.24) is 4.90 Å². The van der Waals surface area contributed by atoms with Gasteiger partial charge in [-0.1, -0.05) is 19.1 Å². The molecule has 0 aromatic heterocycles. The summed E-state index contributed by atoms with van der Waals surface area (Å²) in [4.78, 5) is 3.26. The maximum atomic E-state index is 13.1. The van der Waals surface area contributed by atoms with E-state index in [4.69, 9.17) is 4.74 Å². The first-order valence-corrected chi connectivity index (χ1v) is 13.8. The zero-order chi connectivity index (χ0) is 25.4. The summed E-state index contributed by atoms with van der Waals surface area (Å²) in [5.74, 6) is 2.38. The number of hydrogen-bond donors (Lipinski definition) is 2. The minimum Gasteiger partial charge on any atom is -0.611 e. The number of benzene rings is 3. The van der Waals surface area contributed by atoms with E-state index in [0.29, 0.717) is 17.4 Å². The van der Waals surface area contributed by atoms with Gasteiger partial charge in [-0.3, -0.25) is 4.90 Å². The quantitative estimate of drug-likeness (QED) is 0.404. The lowest BCUT2D eigenvalue weighted by Crippen LogP contribution is -2.36. The highest BCUT2D eigenvalue weighted by molar-refractivity contribution is 7.91. The Kier molecular flexibility index (Phi) is 7.02. The Bertz CT molecular complexity index is 1270. The minimum atomic E-state index is -1.08. The molecular formula is C30H33NO4S. The average molecular weight is 504 g/mol. The van der Waals surface area contributed by atoms with Crippen LogP contribution in [0.15, 0.2) is 71.6 Å². The molecule has 2 aliphatic heterocycles. The number of fused-ring (bicyclic) bond motifs is 1. The summed E-state index contributed by atoms with van der Waals surface area (Å²) in [6.45, 7) is 8.62. The molecular weight excluding hydrogens is 470 g/mol. The van der Waals surface area contributed by atoms with Crippen LogP contribution in [0.25, 0.3) is 11.1 Å². The van der Waals surface area contributed by atoms with Crippen molar-refractivity contribution in [3.8, 4) is 17.2 Å². The maximum absolute atomic E-state index is 13.1. The molecule has 5 nitrogen and oxygen atoms in total. The topological polar surface area (TPSA) is 76.0 Å². The number of rotatable bonds is 6. The highest BCUT2D eigenvalue weighted by Gasteiger charge is 2.31. The molecule has 6 heteroatoms. The Morgan fingerprint density at radius 3 is 2.50 bits per heavy atom. The molecule has 3 aromatic carbocycles. The molecule has 0 saturated carbocycles. The number of phenols is 2. The van der Waals surface area contributed by atoms with Crippen LogP contribution in [-0.2, 0) is 11.2 Å². The summed E-state index contributed by atoms with van der Waals surface area (Å²) in [6.07, 6.45) is 0.806. The first-order valence-electron chi connectivity index (χ1n) is 12.5. The second kappa shape index (κ2) is 10.2. The zero-order valence-electron chi connectivity index (χ0n) is 21.0. The highest BCUT2D eigenvalue weighted by atomic mass is 32.2. The predicted octanol–water partition coefficient (Wildman–Crippen LogP) is 6.00. The molecule has 2 N–H and O–H groups in total. The number of nitrogens with zero attached hydrogens (tertiary/aromatic N) is 1. The Labute approximate surface area is 216 Å². The van der Waals surface area contributed by atoms with Crippen LogP contribution in [0.3, 0.4) is 0 Å². The fourth-order valence-electron chi connectivity index (χ4n) is 5.30. The van der Waals surface area contributed by atoms with Gasteiger partial charge in [0.1, 0.15) is 29.1 Å². The van der Waals surface area contributed by atoms with Crippen molar-refractivity contribution in [2.24, 2.45) is 5.92 Å². The minimum absolute atomic E-state index is 0.176. The largest absolute Gasteiger partial charge is 0.611 e. The molecule has 0 bridgehead atoms. The molecule has 1 fully saturated rings. The number of likely N-dealkylation sites (tertiary alicyclic amines) is 1. The van der Waals surface area contributed by atoms with Crippen LogP contribution >= 0.6 is 0 Å². The SMILES string of the molecule is CC1=C(c2cccc(O)c2)C(c2ccc([S+]([O-])CC(C)N3CCC(C)C3)cc2)Oc2ccc(O)cc21. The molecule has 0 amide bonds. The lowest BCUT2D eigenvalue weighted by Gasteiger charge is -2.31. The van der Waals surface area contributed by atoms with Crippen LogP contribution < -0.4 is 4.74 Å². The second-order valence-electron chi connectivity index (χ2n) is 10.1. The highest BCUT2D eigenvalue weighted by Crippen LogP contribution is 2.47. The van der Waals surface area contributed by atoms with Crippen molar-refractivity contribution < 1.29 is 19.5 Å². The van der Waals surface area contributed by atoms with E-state index in [1.54, 1.807) is 30.3 Å². The van der Waals surface area contributed by atoms with Gasteiger partial charge >= 0.3 is 0 Å². The van der Waals surface area contributed by atoms with E-state index >= 15 is 0 Å². The number of ether oxygens (including phenoxy) is 1. The predicted molar refractivity (Wildman–Crippen MR) is 145 cm³/mol. The summed E-state index contributed by atoms with van der Waals surface area (Å²) in [6, 6.07) is 20.4.